The van der Waals surface area contributed by atoms with Crippen molar-refractivity contribution in [2.24, 2.45) is 4.99 Å². The smallest absolute Gasteiger partial charge is 0.191 e. The second kappa shape index (κ2) is 9.23. The maximum Gasteiger partial charge on any atom is 0.191 e. The lowest BCUT2D eigenvalue weighted by atomic mass is 9.97. The average molecular weight is 314 g/mol. The number of anilines is 1. The van der Waals surface area contributed by atoms with Crippen molar-refractivity contribution in [2.45, 2.75) is 38.6 Å². The van der Waals surface area contributed by atoms with Crippen molar-refractivity contribution in [3.8, 4) is 0 Å². The van der Waals surface area contributed by atoms with Crippen molar-refractivity contribution in [1.29, 1.82) is 0 Å². The fourth-order valence-electron chi connectivity index (χ4n) is 2.79. The van der Waals surface area contributed by atoms with Crippen LogP contribution in [-0.2, 0) is 6.54 Å². The van der Waals surface area contributed by atoms with Crippen LogP contribution < -0.4 is 15.5 Å². The highest BCUT2D eigenvalue weighted by Crippen LogP contribution is 2.19. The molecular formula is C19H30N4. The van der Waals surface area contributed by atoms with Crippen LogP contribution in [0.4, 0.5) is 5.69 Å². The molecule has 0 saturated carbocycles. The lowest BCUT2D eigenvalue weighted by molar-refractivity contribution is 0.665. The van der Waals surface area contributed by atoms with Crippen molar-refractivity contribution < 1.29 is 0 Å². The molecule has 2 rings (SSSR count). The standard InChI is InChI=1S/C19H30N4/c1-20-19(21-14-13-16-7-5-4-6-8-16)22-15-17-9-11-18(12-10-17)23(2)3/h7,9-12H,4-6,8,13-15H2,1-3H3,(H2,20,21,22). The minimum Gasteiger partial charge on any atom is -0.378 e. The molecule has 0 heterocycles. The third-order valence-electron chi connectivity index (χ3n) is 4.26. The van der Waals surface area contributed by atoms with Gasteiger partial charge in [0.2, 0.25) is 0 Å². The third-order valence-corrected chi connectivity index (χ3v) is 4.26. The predicted molar refractivity (Wildman–Crippen MR) is 100 cm³/mol. The summed E-state index contributed by atoms with van der Waals surface area (Å²) in [5, 5.41) is 6.78. The Morgan fingerprint density at radius 3 is 2.52 bits per heavy atom. The van der Waals surface area contributed by atoms with Crippen molar-refractivity contribution in [2.75, 3.05) is 32.6 Å². The number of hydrogen-bond donors (Lipinski definition) is 2. The summed E-state index contributed by atoms with van der Waals surface area (Å²) in [4.78, 5) is 6.41. The quantitative estimate of drug-likeness (QED) is 0.481. The molecule has 2 N–H and O–H groups in total. The SMILES string of the molecule is CN=C(NCCC1=CCCCC1)NCc1ccc(N(C)C)cc1. The van der Waals surface area contributed by atoms with Gasteiger partial charge in [-0.3, -0.25) is 4.99 Å². The van der Waals surface area contributed by atoms with E-state index in [1.165, 1.54) is 36.9 Å². The van der Waals surface area contributed by atoms with Gasteiger partial charge in [0.15, 0.2) is 5.96 Å². The van der Waals surface area contributed by atoms with Gasteiger partial charge in [0.25, 0.3) is 0 Å². The first-order valence-electron chi connectivity index (χ1n) is 8.57. The molecule has 1 aliphatic carbocycles. The van der Waals surface area contributed by atoms with Crippen LogP contribution in [0.25, 0.3) is 0 Å². The van der Waals surface area contributed by atoms with Gasteiger partial charge >= 0.3 is 0 Å². The van der Waals surface area contributed by atoms with E-state index >= 15 is 0 Å². The average Bonchev–Trinajstić information content (AvgIpc) is 2.59. The van der Waals surface area contributed by atoms with Gasteiger partial charge in [0.05, 0.1) is 0 Å². The third kappa shape index (κ3) is 5.97. The molecule has 4 heteroatoms. The number of benzene rings is 1. The van der Waals surface area contributed by atoms with Crippen LogP contribution in [-0.4, -0.2) is 33.6 Å². The van der Waals surface area contributed by atoms with E-state index in [0.29, 0.717) is 0 Å². The Labute approximate surface area is 140 Å². The highest BCUT2D eigenvalue weighted by Gasteiger charge is 2.04. The summed E-state index contributed by atoms with van der Waals surface area (Å²) in [5.74, 6) is 0.873. The summed E-state index contributed by atoms with van der Waals surface area (Å²) in [5.41, 5.74) is 4.07. The molecule has 0 aliphatic heterocycles. The van der Waals surface area contributed by atoms with E-state index < -0.39 is 0 Å². The predicted octanol–water partition coefficient (Wildman–Crippen LogP) is 3.31. The summed E-state index contributed by atoms with van der Waals surface area (Å²) in [6.07, 6.45) is 8.76. The van der Waals surface area contributed by atoms with E-state index in [1.807, 2.05) is 7.05 Å². The molecule has 126 valence electrons. The Morgan fingerprint density at radius 1 is 1.13 bits per heavy atom. The van der Waals surface area contributed by atoms with E-state index in [0.717, 1.165) is 25.5 Å². The van der Waals surface area contributed by atoms with Crippen molar-refractivity contribution in [3.05, 3.63) is 41.5 Å². The Bertz CT molecular complexity index is 529. The molecule has 4 nitrogen and oxygen atoms in total. The summed E-state index contributed by atoms with van der Waals surface area (Å²) in [6, 6.07) is 8.59. The second-order valence-electron chi connectivity index (χ2n) is 6.27. The molecule has 0 amide bonds. The number of allylic oxidation sites excluding steroid dienone is 1. The Balaban J connectivity index is 1.73. The Hall–Kier alpha value is -1.97. The summed E-state index contributed by atoms with van der Waals surface area (Å²) < 4.78 is 0. The number of aliphatic imine (C=N–C) groups is 1. The summed E-state index contributed by atoms with van der Waals surface area (Å²) >= 11 is 0. The van der Waals surface area contributed by atoms with Gasteiger partial charge in [-0.25, -0.2) is 0 Å². The molecule has 0 unspecified atom stereocenters. The van der Waals surface area contributed by atoms with Crippen molar-refractivity contribution >= 4 is 11.6 Å². The zero-order chi connectivity index (χ0) is 16.5. The molecule has 1 aromatic rings. The molecule has 1 aromatic carbocycles. The Kier molecular flexibility index (Phi) is 6.98. The van der Waals surface area contributed by atoms with Gasteiger partial charge in [0, 0.05) is 39.9 Å². The first-order valence-corrected chi connectivity index (χ1v) is 8.57. The van der Waals surface area contributed by atoms with Crippen molar-refractivity contribution in [3.63, 3.8) is 0 Å². The second-order valence-corrected chi connectivity index (χ2v) is 6.27. The van der Waals surface area contributed by atoms with Crippen LogP contribution in [0.3, 0.4) is 0 Å². The molecule has 0 bridgehead atoms. The van der Waals surface area contributed by atoms with Crippen LogP contribution in [0, 0.1) is 0 Å². The first kappa shape index (κ1) is 17.4. The molecule has 0 atom stereocenters. The van der Waals surface area contributed by atoms with Crippen LogP contribution in [0.1, 0.15) is 37.7 Å². The number of rotatable bonds is 6. The lowest BCUT2D eigenvalue weighted by Gasteiger charge is -2.16. The molecular weight excluding hydrogens is 284 g/mol. The van der Waals surface area contributed by atoms with Crippen molar-refractivity contribution in [1.82, 2.24) is 10.6 Å². The first-order chi connectivity index (χ1) is 11.2. The lowest BCUT2D eigenvalue weighted by Crippen LogP contribution is -2.37. The van der Waals surface area contributed by atoms with E-state index in [4.69, 9.17) is 0 Å². The molecule has 23 heavy (non-hydrogen) atoms. The summed E-state index contributed by atoms with van der Waals surface area (Å²) in [6.45, 7) is 1.74. The highest BCUT2D eigenvalue weighted by molar-refractivity contribution is 5.79. The van der Waals surface area contributed by atoms with E-state index in [1.54, 1.807) is 5.57 Å². The normalized spacial score (nSPS) is 15.1. The molecule has 0 radical (unpaired) electrons. The molecule has 0 spiro atoms. The fourth-order valence-corrected chi connectivity index (χ4v) is 2.79. The van der Waals surface area contributed by atoms with Crippen LogP contribution in [0.5, 0.6) is 0 Å². The molecule has 0 fully saturated rings. The molecule has 1 aliphatic rings. The van der Waals surface area contributed by atoms with Gasteiger partial charge < -0.3 is 15.5 Å². The molecule has 0 saturated heterocycles. The highest BCUT2D eigenvalue weighted by atomic mass is 15.2. The van der Waals surface area contributed by atoms with Crippen LogP contribution >= 0.6 is 0 Å². The summed E-state index contributed by atoms with van der Waals surface area (Å²) in [7, 11) is 5.94. The van der Waals surface area contributed by atoms with Gasteiger partial charge in [-0.1, -0.05) is 23.8 Å². The maximum absolute atomic E-state index is 4.30. The van der Waals surface area contributed by atoms with E-state index in [9.17, 15) is 0 Å². The Morgan fingerprint density at radius 2 is 1.91 bits per heavy atom. The minimum absolute atomic E-state index is 0.788. The number of hydrogen-bond acceptors (Lipinski definition) is 2. The fraction of sp³-hybridized carbons (Fsp3) is 0.526. The van der Waals surface area contributed by atoms with Crippen LogP contribution in [0.2, 0.25) is 0 Å². The van der Waals surface area contributed by atoms with E-state index in [2.05, 4.69) is 65.0 Å². The monoisotopic (exact) mass is 314 g/mol. The number of nitrogens with zero attached hydrogens (tertiary/aromatic N) is 2. The topological polar surface area (TPSA) is 39.7 Å². The van der Waals surface area contributed by atoms with Gasteiger partial charge in [0.1, 0.15) is 0 Å². The zero-order valence-corrected chi connectivity index (χ0v) is 14.7. The maximum atomic E-state index is 4.30. The van der Waals surface area contributed by atoms with Crippen LogP contribution in [0.15, 0.2) is 40.9 Å². The van der Waals surface area contributed by atoms with Gasteiger partial charge in [-0.2, -0.15) is 0 Å². The largest absolute Gasteiger partial charge is 0.378 e. The zero-order valence-electron chi connectivity index (χ0n) is 14.7. The number of nitrogens with one attached hydrogen (secondary N) is 2. The molecule has 0 aromatic heterocycles. The number of guanidine groups is 1. The van der Waals surface area contributed by atoms with Gasteiger partial charge in [-0.05, 0) is 49.8 Å². The van der Waals surface area contributed by atoms with E-state index in [-0.39, 0.29) is 0 Å². The van der Waals surface area contributed by atoms with Gasteiger partial charge in [-0.15, -0.1) is 0 Å². The minimum atomic E-state index is 0.788.